The standard InChI is InChI=1S/C14H13NO3S/c1-18-9-11-12(7-8-13(16)17)19-14(15-11)10-5-3-2-4-6-10/h2-8H,9H2,1H3,(H,16,17)/b8-7+. The molecule has 5 heteroatoms. The van der Waals surface area contributed by atoms with E-state index in [0.717, 1.165) is 27.2 Å². The van der Waals surface area contributed by atoms with Crippen molar-refractivity contribution in [3.05, 3.63) is 47.0 Å². The van der Waals surface area contributed by atoms with Crippen molar-refractivity contribution in [2.24, 2.45) is 0 Å². The molecule has 2 aromatic rings. The van der Waals surface area contributed by atoms with Crippen molar-refractivity contribution in [1.82, 2.24) is 4.98 Å². The summed E-state index contributed by atoms with van der Waals surface area (Å²) in [7, 11) is 1.59. The number of aliphatic carboxylic acids is 1. The molecule has 2 rings (SSSR count). The normalized spacial score (nSPS) is 11.0. The number of carbonyl (C=O) groups is 1. The van der Waals surface area contributed by atoms with E-state index in [1.807, 2.05) is 30.3 Å². The zero-order chi connectivity index (χ0) is 13.7. The molecule has 4 nitrogen and oxygen atoms in total. The first-order chi connectivity index (χ1) is 9.20. The van der Waals surface area contributed by atoms with Crippen molar-refractivity contribution in [2.75, 3.05) is 7.11 Å². The van der Waals surface area contributed by atoms with Gasteiger partial charge in [-0.15, -0.1) is 11.3 Å². The molecule has 1 aromatic heterocycles. The maximum atomic E-state index is 10.6. The molecule has 0 atom stereocenters. The average molecular weight is 275 g/mol. The Kier molecular flexibility index (Phi) is 4.43. The summed E-state index contributed by atoms with van der Waals surface area (Å²) in [5, 5.41) is 9.54. The zero-order valence-corrected chi connectivity index (χ0v) is 11.2. The molecule has 19 heavy (non-hydrogen) atoms. The number of rotatable bonds is 5. The number of aromatic nitrogens is 1. The predicted molar refractivity (Wildman–Crippen MR) is 74.9 cm³/mol. The molecule has 0 spiro atoms. The number of ether oxygens (including phenoxy) is 1. The van der Waals surface area contributed by atoms with Crippen LogP contribution < -0.4 is 0 Å². The Balaban J connectivity index is 2.37. The van der Waals surface area contributed by atoms with Crippen LogP contribution in [-0.2, 0) is 16.1 Å². The number of thiazole rings is 1. The van der Waals surface area contributed by atoms with Gasteiger partial charge in [-0.1, -0.05) is 30.3 Å². The minimum atomic E-state index is -0.974. The largest absolute Gasteiger partial charge is 0.478 e. The van der Waals surface area contributed by atoms with Crippen LogP contribution in [0.4, 0.5) is 0 Å². The molecule has 0 saturated carbocycles. The first-order valence-electron chi connectivity index (χ1n) is 5.66. The highest BCUT2D eigenvalue weighted by Crippen LogP contribution is 2.29. The number of nitrogens with zero attached hydrogens (tertiary/aromatic N) is 1. The molecule has 0 aliphatic heterocycles. The highest BCUT2D eigenvalue weighted by atomic mass is 32.1. The molecule has 0 bridgehead atoms. The molecule has 0 saturated heterocycles. The number of hydrogen-bond donors (Lipinski definition) is 1. The summed E-state index contributed by atoms with van der Waals surface area (Å²) < 4.78 is 5.09. The Hall–Kier alpha value is -1.98. The fourth-order valence-electron chi connectivity index (χ4n) is 1.59. The second-order valence-corrected chi connectivity index (χ2v) is 4.83. The lowest BCUT2D eigenvalue weighted by atomic mass is 10.2. The molecule has 0 aliphatic rings. The predicted octanol–water partition coefficient (Wildman–Crippen LogP) is 3.05. The van der Waals surface area contributed by atoms with E-state index in [1.165, 1.54) is 11.3 Å². The number of carboxylic acids is 1. The summed E-state index contributed by atoms with van der Waals surface area (Å²) >= 11 is 1.45. The average Bonchev–Trinajstić information content (AvgIpc) is 2.81. The third kappa shape index (κ3) is 3.49. The SMILES string of the molecule is COCc1nc(-c2ccccc2)sc1/C=C/C(=O)O. The lowest BCUT2D eigenvalue weighted by molar-refractivity contribution is -0.131. The van der Waals surface area contributed by atoms with Gasteiger partial charge in [-0.2, -0.15) is 0 Å². The highest BCUT2D eigenvalue weighted by Gasteiger charge is 2.10. The van der Waals surface area contributed by atoms with Crippen molar-refractivity contribution >= 4 is 23.4 Å². The van der Waals surface area contributed by atoms with Crippen LogP contribution in [0.25, 0.3) is 16.6 Å². The Morgan fingerprint density at radius 1 is 1.42 bits per heavy atom. The Labute approximate surface area is 115 Å². The van der Waals surface area contributed by atoms with E-state index in [9.17, 15) is 4.79 Å². The lowest BCUT2D eigenvalue weighted by Gasteiger charge is -1.95. The molecule has 1 heterocycles. The van der Waals surface area contributed by atoms with Gasteiger partial charge in [0.25, 0.3) is 0 Å². The highest BCUT2D eigenvalue weighted by molar-refractivity contribution is 7.16. The smallest absolute Gasteiger partial charge is 0.328 e. The summed E-state index contributed by atoms with van der Waals surface area (Å²) in [6, 6.07) is 9.78. The zero-order valence-electron chi connectivity index (χ0n) is 10.4. The van der Waals surface area contributed by atoms with Crippen molar-refractivity contribution in [3.63, 3.8) is 0 Å². The van der Waals surface area contributed by atoms with Gasteiger partial charge in [0.1, 0.15) is 5.01 Å². The maximum absolute atomic E-state index is 10.6. The van der Waals surface area contributed by atoms with E-state index in [-0.39, 0.29) is 0 Å². The van der Waals surface area contributed by atoms with Crippen LogP contribution in [-0.4, -0.2) is 23.2 Å². The van der Waals surface area contributed by atoms with Gasteiger partial charge in [0.15, 0.2) is 0 Å². The summed E-state index contributed by atoms with van der Waals surface area (Å²) in [5.74, 6) is -0.974. The first-order valence-corrected chi connectivity index (χ1v) is 6.47. The van der Waals surface area contributed by atoms with Gasteiger partial charge in [-0.25, -0.2) is 9.78 Å². The molecular weight excluding hydrogens is 262 g/mol. The number of methoxy groups -OCH3 is 1. The van der Waals surface area contributed by atoms with E-state index in [4.69, 9.17) is 9.84 Å². The molecule has 1 N–H and O–H groups in total. The quantitative estimate of drug-likeness (QED) is 0.852. The minimum Gasteiger partial charge on any atom is -0.478 e. The van der Waals surface area contributed by atoms with Crippen LogP contribution in [0.2, 0.25) is 0 Å². The maximum Gasteiger partial charge on any atom is 0.328 e. The molecule has 0 unspecified atom stereocenters. The van der Waals surface area contributed by atoms with Gasteiger partial charge in [0.05, 0.1) is 17.2 Å². The molecule has 1 aromatic carbocycles. The monoisotopic (exact) mass is 275 g/mol. The third-order valence-electron chi connectivity index (χ3n) is 2.41. The van der Waals surface area contributed by atoms with Crippen molar-refractivity contribution in [1.29, 1.82) is 0 Å². The minimum absolute atomic E-state index is 0.364. The Bertz CT molecular complexity index is 590. The lowest BCUT2D eigenvalue weighted by Crippen LogP contribution is -1.91. The van der Waals surface area contributed by atoms with E-state index >= 15 is 0 Å². The van der Waals surface area contributed by atoms with E-state index < -0.39 is 5.97 Å². The van der Waals surface area contributed by atoms with Crippen LogP contribution >= 0.6 is 11.3 Å². The van der Waals surface area contributed by atoms with Crippen LogP contribution in [0.3, 0.4) is 0 Å². The number of hydrogen-bond acceptors (Lipinski definition) is 4. The van der Waals surface area contributed by atoms with Gasteiger partial charge < -0.3 is 9.84 Å². The van der Waals surface area contributed by atoms with Crippen molar-refractivity contribution in [3.8, 4) is 10.6 Å². The van der Waals surface area contributed by atoms with Crippen molar-refractivity contribution < 1.29 is 14.6 Å². The summed E-state index contributed by atoms with van der Waals surface area (Å²) in [4.78, 5) is 15.9. The number of carboxylic acid groups (broad SMARTS) is 1. The molecule has 0 radical (unpaired) electrons. The van der Waals surface area contributed by atoms with Crippen LogP contribution in [0, 0.1) is 0 Å². The van der Waals surface area contributed by atoms with E-state index in [0.29, 0.717) is 6.61 Å². The summed E-state index contributed by atoms with van der Waals surface area (Å²) in [6.45, 7) is 0.364. The Morgan fingerprint density at radius 3 is 2.79 bits per heavy atom. The number of benzene rings is 1. The van der Waals surface area contributed by atoms with Crippen LogP contribution in [0.5, 0.6) is 0 Å². The van der Waals surface area contributed by atoms with Gasteiger partial charge in [0.2, 0.25) is 0 Å². The van der Waals surface area contributed by atoms with E-state index in [2.05, 4.69) is 4.98 Å². The summed E-state index contributed by atoms with van der Waals surface area (Å²) in [5.41, 5.74) is 1.77. The molecule has 0 fully saturated rings. The first kappa shape index (κ1) is 13.5. The second-order valence-electron chi connectivity index (χ2n) is 3.80. The van der Waals surface area contributed by atoms with E-state index in [1.54, 1.807) is 13.2 Å². The fraction of sp³-hybridized carbons (Fsp3) is 0.143. The third-order valence-corrected chi connectivity index (χ3v) is 3.52. The van der Waals surface area contributed by atoms with Crippen molar-refractivity contribution in [2.45, 2.75) is 6.61 Å². The summed E-state index contributed by atoms with van der Waals surface area (Å²) in [6.07, 6.45) is 2.67. The molecule has 0 amide bonds. The molecule has 0 aliphatic carbocycles. The van der Waals surface area contributed by atoms with Crippen LogP contribution in [0.15, 0.2) is 36.4 Å². The topological polar surface area (TPSA) is 59.4 Å². The molecular formula is C14H13NO3S. The fourth-order valence-corrected chi connectivity index (χ4v) is 2.56. The second kappa shape index (κ2) is 6.26. The van der Waals surface area contributed by atoms with Gasteiger partial charge in [0, 0.05) is 18.7 Å². The van der Waals surface area contributed by atoms with Gasteiger partial charge in [-0.3, -0.25) is 0 Å². The molecule has 98 valence electrons. The van der Waals surface area contributed by atoms with Gasteiger partial charge >= 0.3 is 5.97 Å². The van der Waals surface area contributed by atoms with Gasteiger partial charge in [-0.05, 0) is 6.08 Å². The Morgan fingerprint density at radius 2 is 2.16 bits per heavy atom. The van der Waals surface area contributed by atoms with Crippen LogP contribution in [0.1, 0.15) is 10.6 Å².